The van der Waals surface area contributed by atoms with E-state index in [9.17, 15) is 0 Å². The van der Waals surface area contributed by atoms with E-state index in [0.29, 0.717) is 6.04 Å². The van der Waals surface area contributed by atoms with Crippen LogP contribution in [0.5, 0.6) is 11.5 Å². The Labute approximate surface area is 188 Å². The minimum Gasteiger partial charge on any atom is -0.457 e. The topological polar surface area (TPSA) is 62.9 Å². The molecule has 0 saturated carbocycles. The van der Waals surface area contributed by atoms with E-state index in [1.807, 2.05) is 48.5 Å². The lowest BCUT2D eigenvalue weighted by Gasteiger charge is -2.27. The summed E-state index contributed by atoms with van der Waals surface area (Å²) in [5.41, 5.74) is 6.56. The number of hydrogen-bond acceptors (Lipinski definition) is 5. The van der Waals surface area contributed by atoms with Crippen LogP contribution in [-0.4, -0.2) is 32.4 Å². The standard InChI is InChI=1S/C24H33N3O.C2H5N/c1-5-7-11-17-27(18-16-26-20(3)6-2)24-19-22(14-15-23(24)25-4)28-21-12-9-8-10-13-21;1-2-3/h6,8-10,12-15,19-20,26H,2,4-5,7,11,16-18H2,1,3H3;2H,1,3H2. The van der Waals surface area contributed by atoms with Crippen LogP contribution < -0.4 is 20.7 Å². The third kappa shape index (κ3) is 10.0. The van der Waals surface area contributed by atoms with Gasteiger partial charge in [-0.1, -0.05) is 50.6 Å². The average molecular weight is 423 g/mol. The number of benzene rings is 2. The number of hydrogen-bond donors (Lipinski definition) is 2. The monoisotopic (exact) mass is 422 g/mol. The van der Waals surface area contributed by atoms with E-state index in [-0.39, 0.29) is 0 Å². The van der Waals surface area contributed by atoms with Crippen LogP contribution in [0, 0.1) is 0 Å². The first-order valence-electron chi connectivity index (χ1n) is 10.9. The van der Waals surface area contributed by atoms with Crippen molar-refractivity contribution in [3.05, 3.63) is 74.0 Å². The number of nitrogens with one attached hydrogen (secondary N) is 1. The van der Waals surface area contributed by atoms with Crippen molar-refractivity contribution < 1.29 is 4.74 Å². The Morgan fingerprint density at radius 1 is 1.10 bits per heavy atom. The van der Waals surface area contributed by atoms with Crippen molar-refractivity contribution in [3.8, 4) is 11.5 Å². The van der Waals surface area contributed by atoms with Crippen molar-refractivity contribution in [2.45, 2.75) is 39.2 Å². The Morgan fingerprint density at radius 2 is 1.81 bits per heavy atom. The Balaban J connectivity index is 0.00000151. The fraction of sp³-hybridized carbons (Fsp3) is 0.346. The van der Waals surface area contributed by atoms with Gasteiger partial charge in [-0.05, 0) is 50.5 Å². The second-order valence-electron chi connectivity index (χ2n) is 7.13. The van der Waals surface area contributed by atoms with Crippen LogP contribution in [0.4, 0.5) is 11.4 Å². The van der Waals surface area contributed by atoms with Gasteiger partial charge in [-0.25, -0.2) is 0 Å². The van der Waals surface area contributed by atoms with Crippen LogP contribution in [0.2, 0.25) is 0 Å². The van der Waals surface area contributed by atoms with E-state index < -0.39 is 0 Å². The summed E-state index contributed by atoms with van der Waals surface area (Å²) in [6.07, 6.45) is 6.73. The van der Waals surface area contributed by atoms with Crippen molar-refractivity contribution in [1.29, 1.82) is 0 Å². The molecule has 0 fully saturated rings. The van der Waals surface area contributed by atoms with Crippen molar-refractivity contribution in [2.75, 3.05) is 24.5 Å². The SMILES string of the molecule is C=CC(C)NCCN(CCCCC)c1cc(Oc2ccccc2)ccc1N=C.C=CN. The molecule has 0 radical (unpaired) electrons. The van der Waals surface area contributed by atoms with E-state index in [0.717, 1.165) is 48.9 Å². The molecular formula is C26H38N4O. The summed E-state index contributed by atoms with van der Waals surface area (Å²) in [7, 11) is 0. The number of aliphatic imine (C=N–C) groups is 1. The molecule has 0 spiro atoms. The van der Waals surface area contributed by atoms with Crippen LogP contribution in [0.1, 0.15) is 33.1 Å². The van der Waals surface area contributed by atoms with Gasteiger partial charge in [-0.15, -0.1) is 6.58 Å². The largest absolute Gasteiger partial charge is 0.457 e. The Hall–Kier alpha value is -3.05. The molecule has 2 aromatic rings. The zero-order valence-corrected chi connectivity index (χ0v) is 19.1. The highest BCUT2D eigenvalue weighted by atomic mass is 16.5. The fourth-order valence-electron chi connectivity index (χ4n) is 2.99. The Morgan fingerprint density at radius 3 is 2.42 bits per heavy atom. The van der Waals surface area contributed by atoms with E-state index in [4.69, 9.17) is 4.74 Å². The van der Waals surface area contributed by atoms with Crippen molar-refractivity contribution in [2.24, 2.45) is 10.7 Å². The number of ether oxygens (including phenoxy) is 1. The van der Waals surface area contributed by atoms with Gasteiger partial charge in [-0.2, -0.15) is 0 Å². The number of unbranched alkanes of at least 4 members (excludes halogenated alkanes) is 2. The molecule has 0 saturated heterocycles. The smallest absolute Gasteiger partial charge is 0.129 e. The second kappa shape index (κ2) is 15.7. The molecule has 0 amide bonds. The molecule has 0 bridgehead atoms. The molecule has 1 unspecified atom stereocenters. The van der Waals surface area contributed by atoms with Crippen LogP contribution in [0.25, 0.3) is 0 Å². The third-order valence-corrected chi connectivity index (χ3v) is 4.67. The number of anilines is 1. The lowest BCUT2D eigenvalue weighted by molar-refractivity contribution is 0.482. The van der Waals surface area contributed by atoms with Crippen LogP contribution in [0.3, 0.4) is 0 Å². The third-order valence-electron chi connectivity index (χ3n) is 4.67. The molecule has 31 heavy (non-hydrogen) atoms. The predicted molar refractivity (Wildman–Crippen MR) is 136 cm³/mol. The van der Waals surface area contributed by atoms with Gasteiger partial charge in [0.2, 0.25) is 0 Å². The summed E-state index contributed by atoms with van der Waals surface area (Å²) in [5.74, 6) is 1.63. The second-order valence-corrected chi connectivity index (χ2v) is 7.13. The first-order chi connectivity index (χ1) is 15.1. The average Bonchev–Trinajstić information content (AvgIpc) is 2.79. The molecule has 2 aromatic carbocycles. The maximum atomic E-state index is 6.04. The van der Waals surface area contributed by atoms with Gasteiger partial charge >= 0.3 is 0 Å². The summed E-state index contributed by atoms with van der Waals surface area (Å²) in [5, 5.41) is 3.48. The van der Waals surface area contributed by atoms with E-state index in [2.05, 4.69) is 60.7 Å². The summed E-state index contributed by atoms with van der Waals surface area (Å²) in [6, 6.07) is 16.1. The van der Waals surface area contributed by atoms with Crippen molar-refractivity contribution in [1.82, 2.24) is 5.32 Å². The number of rotatable bonds is 13. The number of nitrogens with zero attached hydrogens (tertiary/aromatic N) is 2. The normalized spacial score (nSPS) is 10.9. The van der Waals surface area contributed by atoms with Crippen molar-refractivity contribution >= 4 is 18.1 Å². The van der Waals surface area contributed by atoms with Crippen LogP contribution in [-0.2, 0) is 0 Å². The molecule has 1 atom stereocenters. The molecule has 2 rings (SSSR count). The Bertz CT molecular complexity index is 776. The maximum Gasteiger partial charge on any atom is 0.129 e. The molecule has 0 aliphatic heterocycles. The summed E-state index contributed by atoms with van der Waals surface area (Å²) >= 11 is 0. The van der Waals surface area contributed by atoms with Crippen molar-refractivity contribution in [3.63, 3.8) is 0 Å². The van der Waals surface area contributed by atoms with Gasteiger partial charge in [0, 0.05) is 31.7 Å². The minimum absolute atomic E-state index is 0.294. The van der Waals surface area contributed by atoms with Gasteiger partial charge in [0.25, 0.3) is 0 Å². The first-order valence-corrected chi connectivity index (χ1v) is 10.9. The molecular weight excluding hydrogens is 384 g/mol. The minimum atomic E-state index is 0.294. The fourth-order valence-corrected chi connectivity index (χ4v) is 2.99. The van der Waals surface area contributed by atoms with Crippen LogP contribution >= 0.6 is 0 Å². The number of para-hydroxylation sites is 1. The molecule has 0 aromatic heterocycles. The van der Waals surface area contributed by atoms with Gasteiger partial charge in [0.15, 0.2) is 0 Å². The quantitative estimate of drug-likeness (QED) is 0.234. The summed E-state index contributed by atoms with van der Waals surface area (Å²) in [6.45, 7) is 17.8. The molecule has 5 heteroatoms. The lowest BCUT2D eigenvalue weighted by Crippen LogP contribution is -2.36. The molecule has 3 N–H and O–H groups in total. The molecule has 5 nitrogen and oxygen atoms in total. The zero-order chi connectivity index (χ0) is 22.9. The van der Waals surface area contributed by atoms with Crippen LogP contribution in [0.15, 0.2) is 79.0 Å². The zero-order valence-electron chi connectivity index (χ0n) is 19.1. The molecule has 168 valence electrons. The number of nitrogens with two attached hydrogens (primary N) is 1. The lowest BCUT2D eigenvalue weighted by atomic mass is 10.2. The summed E-state index contributed by atoms with van der Waals surface area (Å²) < 4.78 is 6.04. The van der Waals surface area contributed by atoms with Gasteiger partial charge in [0.1, 0.15) is 11.5 Å². The molecule has 0 aliphatic rings. The van der Waals surface area contributed by atoms with E-state index in [1.54, 1.807) is 0 Å². The highest BCUT2D eigenvalue weighted by Crippen LogP contribution is 2.34. The first kappa shape index (κ1) is 26.0. The van der Waals surface area contributed by atoms with E-state index >= 15 is 0 Å². The highest BCUT2D eigenvalue weighted by molar-refractivity contribution is 5.71. The summed E-state index contributed by atoms with van der Waals surface area (Å²) in [4.78, 5) is 6.62. The maximum absolute atomic E-state index is 6.04. The van der Waals surface area contributed by atoms with Gasteiger partial charge < -0.3 is 20.7 Å². The van der Waals surface area contributed by atoms with Gasteiger partial charge in [-0.3, -0.25) is 4.99 Å². The molecule has 0 heterocycles. The predicted octanol–water partition coefficient (Wildman–Crippen LogP) is 6.06. The molecule has 0 aliphatic carbocycles. The Kier molecular flexibility index (Phi) is 13.2. The van der Waals surface area contributed by atoms with Gasteiger partial charge in [0.05, 0.1) is 11.4 Å². The highest BCUT2D eigenvalue weighted by Gasteiger charge is 2.13. The van der Waals surface area contributed by atoms with E-state index in [1.165, 1.54) is 19.0 Å².